The summed E-state index contributed by atoms with van der Waals surface area (Å²) >= 11 is 0. The van der Waals surface area contributed by atoms with Gasteiger partial charge in [-0.1, -0.05) is 42.5 Å². The molecule has 0 bridgehead atoms. The molecule has 0 N–H and O–H groups in total. The highest BCUT2D eigenvalue weighted by molar-refractivity contribution is 7.89. The third kappa shape index (κ3) is 4.53. The molecule has 0 unspecified atom stereocenters. The molecule has 0 aliphatic carbocycles. The molecule has 0 aromatic heterocycles. The van der Waals surface area contributed by atoms with Crippen molar-refractivity contribution in [3.05, 3.63) is 65.2 Å². The normalized spacial score (nSPS) is 16.7. The van der Waals surface area contributed by atoms with Crippen LogP contribution in [0.4, 0.5) is 0 Å². The molecule has 1 saturated heterocycles. The van der Waals surface area contributed by atoms with Gasteiger partial charge in [0.15, 0.2) is 0 Å². The van der Waals surface area contributed by atoms with Crippen molar-refractivity contribution in [2.45, 2.75) is 38.2 Å². The minimum absolute atomic E-state index is 0.420. The number of piperidine rings is 1. The number of rotatable bonds is 6. The lowest BCUT2D eigenvalue weighted by Gasteiger charge is -2.31. The van der Waals surface area contributed by atoms with Crippen LogP contribution in [0.2, 0.25) is 0 Å². The Morgan fingerprint density at radius 1 is 1.04 bits per heavy atom. The number of hydrogen-bond acceptors (Lipinski definition) is 3. The lowest BCUT2D eigenvalue weighted by atomic mass is 9.99. The van der Waals surface area contributed by atoms with Crippen molar-refractivity contribution < 1.29 is 13.2 Å². The van der Waals surface area contributed by atoms with E-state index in [0.29, 0.717) is 37.1 Å². The molecule has 140 valence electrons. The van der Waals surface area contributed by atoms with Crippen molar-refractivity contribution in [1.82, 2.24) is 4.31 Å². The Hall–Kier alpha value is -1.69. The average Bonchev–Trinajstić information content (AvgIpc) is 2.65. The molecule has 0 spiro atoms. The maximum atomic E-state index is 13.0. The van der Waals surface area contributed by atoms with E-state index in [0.717, 1.165) is 24.0 Å². The van der Waals surface area contributed by atoms with Crippen molar-refractivity contribution >= 4 is 10.0 Å². The standard InChI is InChI=1S/C21H27NO3S/c1-17-8-9-18(2)21(14-17)26(23,24)22-12-10-20(11-13-22)16-25-15-19-6-4-3-5-7-19/h3-9,14,20H,10-13,15-16H2,1-2H3. The predicted octanol–water partition coefficient (Wildman–Crippen LogP) is 3.92. The minimum atomic E-state index is -3.41. The van der Waals surface area contributed by atoms with E-state index in [-0.39, 0.29) is 0 Å². The van der Waals surface area contributed by atoms with Crippen LogP contribution in [0.15, 0.2) is 53.4 Å². The number of aryl methyl sites for hydroxylation is 2. The summed E-state index contributed by atoms with van der Waals surface area (Å²) in [6.45, 7) is 6.21. The highest BCUT2D eigenvalue weighted by atomic mass is 32.2. The van der Waals surface area contributed by atoms with Gasteiger partial charge in [-0.3, -0.25) is 0 Å². The molecule has 5 heteroatoms. The minimum Gasteiger partial charge on any atom is -0.376 e. The van der Waals surface area contributed by atoms with E-state index in [9.17, 15) is 8.42 Å². The van der Waals surface area contributed by atoms with Crippen LogP contribution in [0.25, 0.3) is 0 Å². The van der Waals surface area contributed by atoms with E-state index in [1.165, 1.54) is 5.56 Å². The maximum absolute atomic E-state index is 13.0. The fraction of sp³-hybridized carbons (Fsp3) is 0.429. The Morgan fingerprint density at radius 2 is 1.73 bits per heavy atom. The Labute approximate surface area is 156 Å². The summed E-state index contributed by atoms with van der Waals surface area (Å²) in [4.78, 5) is 0.441. The molecule has 0 amide bonds. The van der Waals surface area contributed by atoms with Gasteiger partial charge in [-0.15, -0.1) is 0 Å². The number of nitrogens with zero attached hydrogens (tertiary/aromatic N) is 1. The third-order valence-electron chi connectivity index (χ3n) is 5.00. The van der Waals surface area contributed by atoms with E-state index >= 15 is 0 Å². The lowest BCUT2D eigenvalue weighted by molar-refractivity contribution is 0.0688. The largest absolute Gasteiger partial charge is 0.376 e. The fourth-order valence-corrected chi connectivity index (χ4v) is 5.14. The van der Waals surface area contributed by atoms with Crippen LogP contribution in [-0.2, 0) is 21.4 Å². The van der Waals surface area contributed by atoms with Crippen LogP contribution >= 0.6 is 0 Å². The Balaban J connectivity index is 1.53. The number of sulfonamides is 1. The average molecular weight is 374 g/mol. The van der Waals surface area contributed by atoms with Crippen LogP contribution in [-0.4, -0.2) is 32.4 Å². The van der Waals surface area contributed by atoms with Crippen molar-refractivity contribution in [3.8, 4) is 0 Å². The van der Waals surface area contributed by atoms with Gasteiger partial charge in [0.1, 0.15) is 0 Å². The molecule has 2 aromatic rings. The molecule has 1 aliphatic heterocycles. The van der Waals surface area contributed by atoms with Crippen molar-refractivity contribution in [1.29, 1.82) is 0 Å². The quantitative estimate of drug-likeness (QED) is 0.771. The van der Waals surface area contributed by atoms with Crippen LogP contribution in [0, 0.1) is 19.8 Å². The maximum Gasteiger partial charge on any atom is 0.243 e. The zero-order valence-corrected chi connectivity index (χ0v) is 16.3. The zero-order valence-electron chi connectivity index (χ0n) is 15.5. The molecule has 2 aromatic carbocycles. The molecule has 4 nitrogen and oxygen atoms in total. The molecule has 1 heterocycles. The topological polar surface area (TPSA) is 46.6 Å². The predicted molar refractivity (Wildman–Crippen MR) is 103 cm³/mol. The Bertz CT molecular complexity index is 826. The van der Waals surface area contributed by atoms with Gasteiger partial charge < -0.3 is 4.74 Å². The summed E-state index contributed by atoms with van der Waals surface area (Å²) in [5.41, 5.74) is 2.95. The molecule has 1 fully saturated rings. The van der Waals surface area contributed by atoms with E-state index in [1.54, 1.807) is 10.4 Å². The van der Waals surface area contributed by atoms with E-state index in [2.05, 4.69) is 12.1 Å². The summed E-state index contributed by atoms with van der Waals surface area (Å²) in [7, 11) is -3.41. The van der Waals surface area contributed by atoms with Gasteiger partial charge >= 0.3 is 0 Å². The van der Waals surface area contributed by atoms with Gasteiger partial charge in [0, 0.05) is 19.7 Å². The van der Waals surface area contributed by atoms with Gasteiger partial charge in [-0.2, -0.15) is 4.31 Å². The van der Waals surface area contributed by atoms with Gasteiger partial charge in [0.05, 0.1) is 11.5 Å². The second kappa shape index (κ2) is 8.33. The fourth-order valence-electron chi connectivity index (χ4n) is 3.36. The van der Waals surface area contributed by atoms with Gasteiger partial charge in [-0.05, 0) is 55.4 Å². The Kier molecular flexibility index (Phi) is 6.12. The van der Waals surface area contributed by atoms with Crippen LogP contribution in [0.3, 0.4) is 0 Å². The number of benzene rings is 2. The SMILES string of the molecule is Cc1ccc(C)c(S(=O)(=O)N2CCC(COCc3ccccc3)CC2)c1. The van der Waals surface area contributed by atoms with Gasteiger partial charge in [0.25, 0.3) is 0 Å². The third-order valence-corrected chi connectivity index (χ3v) is 7.04. The second-order valence-electron chi connectivity index (χ2n) is 7.12. The van der Waals surface area contributed by atoms with Crippen molar-refractivity contribution in [2.24, 2.45) is 5.92 Å². The van der Waals surface area contributed by atoms with E-state index in [1.807, 2.05) is 44.2 Å². The number of ether oxygens (including phenoxy) is 1. The highest BCUT2D eigenvalue weighted by Gasteiger charge is 2.30. The van der Waals surface area contributed by atoms with Crippen LogP contribution < -0.4 is 0 Å². The van der Waals surface area contributed by atoms with Gasteiger partial charge in [0.2, 0.25) is 10.0 Å². The highest BCUT2D eigenvalue weighted by Crippen LogP contribution is 2.26. The first-order chi connectivity index (χ1) is 12.5. The van der Waals surface area contributed by atoms with Gasteiger partial charge in [-0.25, -0.2) is 8.42 Å². The molecular formula is C21H27NO3S. The zero-order chi connectivity index (χ0) is 18.6. The molecule has 0 saturated carbocycles. The summed E-state index contributed by atoms with van der Waals surface area (Å²) in [6.07, 6.45) is 1.69. The summed E-state index contributed by atoms with van der Waals surface area (Å²) in [5, 5.41) is 0. The molecule has 26 heavy (non-hydrogen) atoms. The first-order valence-corrected chi connectivity index (χ1v) is 10.6. The van der Waals surface area contributed by atoms with Crippen LogP contribution in [0.5, 0.6) is 0 Å². The molecule has 1 aliphatic rings. The van der Waals surface area contributed by atoms with E-state index < -0.39 is 10.0 Å². The monoisotopic (exact) mass is 373 g/mol. The first-order valence-electron chi connectivity index (χ1n) is 9.16. The number of hydrogen-bond donors (Lipinski definition) is 0. The lowest BCUT2D eigenvalue weighted by Crippen LogP contribution is -2.39. The summed E-state index contributed by atoms with van der Waals surface area (Å²) in [6, 6.07) is 15.7. The smallest absolute Gasteiger partial charge is 0.243 e. The molecule has 0 atom stereocenters. The first kappa shape index (κ1) is 19.1. The van der Waals surface area contributed by atoms with E-state index in [4.69, 9.17) is 4.74 Å². The molecule has 3 rings (SSSR count). The summed E-state index contributed by atoms with van der Waals surface area (Å²) < 4.78 is 33.4. The molecular weight excluding hydrogens is 346 g/mol. The van der Waals surface area contributed by atoms with Crippen molar-refractivity contribution in [2.75, 3.05) is 19.7 Å². The summed E-state index contributed by atoms with van der Waals surface area (Å²) in [5.74, 6) is 0.420. The molecule has 0 radical (unpaired) electrons. The van der Waals surface area contributed by atoms with Crippen molar-refractivity contribution in [3.63, 3.8) is 0 Å². The Morgan fingerprint density at radius 3 is 2.42 bits per heavy atom. The second-order valence-corrected chi connectivity index (χ2v) is 9.02. The van der Waals surface area contributed by atoms with Crippen LogP contribution in [0.1, 0.15) is 29.5 Å².